The molecule has 0 heterocycles. The van der Waals surface area contributed by atoms with Crippen molar-refractivity contribution in [3.8, 4) is 0 Å². The molecule has 0 atom stereocenters. The van der Waals surface area contributed by atoms with Gasteiger partial charge >= 0.3 is 0 Å². The Kier molecular flexibility index (Phi) is 13.7. The van der Waals surface area contributed by atoms with E-state index in [9.17, 15) is 0 Å². The van der Waals surface area contributed by atoms with Crippen LogP contribution < -0.4 is 10.6 Å². The summed E-state index contributed by atoms with van der Waals surface area (Å²) < 4.78 is 5.52. The van der Waals surface area contributed by atoms with Crippen molar-refractivity contribution >= 4 is 41.5 Å². The summed E-state index contributed by atoms with van der Waals surface area (Å²) >= 11 is 6.12. The first-order chi connectivity index (χ1) is 10.3. The summed E-state index contributed by atoms with van der Waals surface area (Å²) in [7, 11) is 1.76. The number of aliphatic imine (C=N–C) groups is 1. The van der Waals surface area contributed by atoms with Crippen LogP contribution in [-0.2, 0) is 11.3 Å². The third-order valence-corrected chi connectivity index (χ3v) is 3.40. The molecule has 2 N–H and O–H groups in total. The molecule has 1 aromatic carbocycles. The van der Waals surface area contributed by atoms with Crippen LogP contribution in [0.3, 0.4) is 0 Å². The van der Waals surface area contributed by atoms with Gasteiger partial charge in [-0.3, -0.25) is 4.99 Å². The van der Waals surface area contributed by atoms with Crippen molar-refractivity contribution < 1.29 is 4.74 Å². The van der Waals surface area contributed by atoms with Crippen LogP contribution in [0.4, 0.5) is 0 Å². The molecular formula is C16H27ClIN3O. The van der Waals surface area contributed by atoms with E-state index in [-0.39, 0.29) is 24.0 Å². The Balaban J connectivity index is 0.00000441. The van der Waals surface area contributed by atoms with Crippen LogP contribution in [0.1, 0.15) is 31.7 Å². The molecule has 0 aliphatic carbocycles. The Morgan fingerprint density at radius 1 is 1.18 bits per heavy atom. The standard InChI is InChI=1S/C16H26ClN3O.HI/c1-3-4-11-21-12-7-10-19-16(18-2)20-13-14-8-5-6-9-15(14)17;/h5-6,8-9H,3-4,7,10-13H2,1-2H3,(H2,18,19,20);1H. The Bertz CT molecular complexity index is 430. The highest BCUT2D eigenvalue weighted by Crippen LogP contribution is 2.14. The van der Waals surface area contributed by atoms with Crippen molar-refractivity contribution in [2.75, 3.05) is 26.8 Å². The maximum atomic E-state index is 6.12. The van der Waals surface area contributed by atoms with Gasteiger partial charge in [-0.1, -0.05) is 43.1 Å². The van der Waals surface area contributed by atoms with Crippen LogP contribution in [-0.4, -0.2) is 32.8 Å². The first-order valence-electron chi connectivity index (χ1n) is 7.53. The average Bonchev–Trinajstić information content (AvgIpc) is 2.51. The number of hydrogen-bond acceptors (Lipinski definition) is 2. The number of rotatable bonds is 9. The predicted octanol–water partition coefficient (Wildman–Crippen LogP) is 3.83. The van der Waals surface area contributed by atoms with E-state index in [0.717, 1.165) is 49.1 Å². The molecule has 0 saturated heterocycles. The molecule has 1 aromatic rings. The normalized spacial score (nSPS) is 11.0. The minimum Gasteiger partial charge on any atom is -0.381 e. The number of hydrogen-bond donors (Lipinski definition) is 2. The van der Waals surface area contributed by atoms with Crippen LogP contribution in [0.2, 0.25) is 5.02 Å². The molecule has 0 radical (unpaired) electrons. The van der Waals surface area contributed by atoms with Crippen LogP contribution in [0, 0.1) is 0 Å². The number of guanidine groups is 1. The van der Waals surface area contributed by atoms with Crippen molar-refractivity contribution in [2.45, 2.75) is 32.7 Å². The van der Waals surface area contributed by atoms with Crippen LogP contribution in [0.25, 0.3) is 0 Å². The largest absolute Gasteiger partial charge is 0.381 e. The van der Waals surface area contributed by atoms with E-state index in [4.69, 9.17) is 16.3 Å². The van der Waals surface area contributed by atoms with Crippen LogP contribution in [0.5, 0.6) is 0 Å². The second-order valence-corrected chi connectivity index (χ2v) is 5.17. The fourth-order valence-electron chi connectivity index (χ4n) is 1.77. The van der Waals surface area contributed by atoms with Crippen molar-refractivity contribution in [2.24, 2.45) is 4.99 Å². The lowest BCUT2D eigenvalue weighted by Crippen LogP contribution is -2.37. The van der Waals surface area contributed by atoms with Gasteiger partial charge in [0.15, 0.2) is 5.96 Å². The molecule has 0 amide bonds. The smallest absolute Gasteiger partial charge is 0.191 e. The first kappa shape index (κ1) is 21.5. The second-order valence-electron chi connectivity index (χ2n) is 4.76. The van der Waals surface area contributed by atoms with Gasteiger partial charge < -0.3 is 15.4 Å². The fourth-order valence-corrected chi connectivity index (χ4v) is 1.97. The Morgan fingerprint density at radius 3 is 2.59 bits per heavy atom. The minimum absolute atomic E-state index is 0. The number of ether oxygens (including phenoxy) is 1. The van der Waals surface area contributed by atoms with E-state index in [1.165, 1.54) is 6.42 Å². The van der Waals surface area contributed by atoms with Gasteiger partial charge in [0.25, 0.3) is 0 Å². The maximum absolute atomic E-state index is 6.12. The lowest BCUT2D eigenvalue weighted by atomic mass is 10.2. The molecule has 0 aromatic heterocycles. The number of benzene rings is 1. The molecule has 0 bridgehead atoms. The zero-order valence-corrected chi connectivity index (χ0v) is 16.5. The first-order valence-corrected chi connectivity index (χ1v) is 7.91. The van der Waals surface area contributed by atoms with E-state index in [1.807, 2.05) is 24.3 Å². The highest BCUT2D eigenvalue weighted by atomic mass is 127. The molecule has 1 rings (SSSR count). The molecule has 0 unspecified atom stereocenters. The topological polar surface area (TPSA) is 45.6 Å². The quantitative estimate of drug-likeness (QED) is 0.266. The van der Waals surface area contributed by atoms with Gasteiger partial charge in [0.2, 0.25) is 0 Å². The van der Waals surface area contributed by atoms with Gasteiger partial charge in [-0.25, -0.2) is 0 Å². The minimum atomic E-state index is 0. The second kappa shape index (κ2) is 14.1. The van der Waals surface area contributed by atoms with Gasteiger partial charge in [0.05, 0.1) is 0 Å². The van der Waals surface area contributed by atoms with E-state index in [0.29, 0.717) is 6.54 Å². The SMILES string of the molecule is CCCCOCCCNC(=NC)NCc1ccccc1Cl.I. The van der Waals surface area contributed by atoms with Gasteiger partial charge in [0, 0.05) is 38.4 Å². The lowest BCUT2D eigenvalue weighted by molar-refractivity contribution is 0.129. The lowest BCUT2D eigenvalue weighted by Gasteiger charge is -2.12. The van der Waals surface area contributed by atoms with Crippen LogP contribution in [0.15, 0.2) is 29.3 Å². The van der Waals surface area contributed by atoms with E-state index in [2.05, 4.69) is 22.5 Å². The Labute approximate surface area is 156 Å². The number of unbranched alkanes of at least 4 members (excludes halogenated alkanes) is 1. The van der Waals surface area contributed by atoms with Crippen LogP contribution >= 0.6 is 35.6 Å². The summed E-state index contributed by atoms with van der Waals surface area (Å²) in [6, 6.07) is 7.80. The van der Waals surface area contributed by atoms with Crippen molar-refractivity contribution in [1.82, 2.24) is 10.6 Å². The number of nitrogens with one attached hydrogen (secondary N) is 2. The van der Waals surface area contributed by atoms with E-state index >= 15 is 0 Å². The zero-order valence-electron chi connectivity index (χ0n) is 13.4. The molecule has 6 heteroatoms. The zero-order chi connectivity index (χ0) is 15.3. The van der Waals surface area contributed by atoms with Gasteiger partial charge in [-0.2, -0.15) is 0 Å². The summed E-state index contributed by atoms with van der Waals surface area (Å²) in [6.45, 7) is 5.31. The van der Waals surface area contributed by atoms with E-state index < -0.39 is 0 Å². The summed E-state index contributed by atoms with van der Waals surface area (Å²) in [5.74, 6) is 0.781. The van der Waals surface area contributed by atoms with Gasteiger partial charge in [-0.15, -0.1) is 24.0 Å². The summed E-state index contributed by atoms with van der Waals surface area (Å²) in [6.07, 6.45) is 3.28. The summed E-state index contributed by atoms with van der Waals surface area (Å²) in [4.78, 5) is 4.19. The Hall–Kier alpha value is -0.530. The molecule has 0 saturated carbocycles. The molecule has 126 valence electrons. The fraction of sp³-hybridized carbons (Fsp3) is 0.562. The Morgan fingerprint density at radius 2 is 1.91 bits per heavy atom. The highest BCUT2D eigenvalue weighted by molar-refractivity contribution is 14.0. The van der Waals surface area contributed by atoms with Crippen molar-refractivity contribution in [1.29, 1.82) is 0 Å². The van der Waals surface area contributed by atoms with Gasteiger partial charge in [0.1, 0.15) is 0 Å². The third kappa shape index (κ3) is 9.48. The molecular weight excluding hydrogens is 413 g/mol. The average molecular weight is 440 g/mol. The summed E-state index contributed by atoms with van der Waals surface area (Å²) in [5.41, 5.74) is 1.06. The number of halogens is 2. The van der Waals surface area contributed by atoms with Crippen molar-refractivity contribution in [3.63, 3.8) is 0 Å². The molecule has 0 fully saturated rings. The number of nitrogens with zero attached hydrogens (tertiary/aromatic N) is 1. The molecule has 22 heavy (non-hydrogen) atoms. The molecule has 0 aliphatic rings. The predicted molar refractivity (Wildman–Crippen MR) is 105 cm³/mol. The van der Waals surface area contributed by atoms with Gasteiger partial charge in [-0.05, 0) is 24.5 Å². The maximum Gasteiger partial charge on any atom is 0.191 e. The molecule has 4 nitrogen and oxygen atoms in total. The van der Waals surface area contributed by atoms with E-state index in [1.54, 1.807) is 7.05 Å². The highest BCUT2D eigenvalue weighted by Gasteiger charge is 2.01. The third-order valence-electron chi connectivity index (χ3n) is 3.03. The monoisotopic (exact) mass is 439 g/mol. The summed E-state index contributed by atoms with van der Waals surface area (Å²) in [5, 5.41) is 7.29. The molecule has 0 spiro atoms. The molecule has 0 aliphatic heterocycles. The van der Waals surface area contributed by atoms with Crippen molar-refractivity contribution in [3.05, 3.63) is 34.9 Å².